The highest BCUT2D eigenvalue weighted by Gasteiger charge is 2.49. The number of rotatable bonds is 5. The topological polar surface area (TPSA) is 116 Å². The lowest BCUT2D eigenvalue weighted by molar-refractivity contribution is -0.219. The smallest absolute Gasteiger partial charge is 0.418 e. The number of thiazole rings is 1. The van der Waals surface area contributed by atoms with Crippen LogP contribution in [0.3, 0.4) is 0 Å². The zero-order chi connectivity index (χ0) is 23.3. The van der Waals surface area contributed by atoms with Crippen molar-refractivity contribution in [1.82, 2.24) is 14.9 Å². The van der Waals surface area contributed by atoms with Gasteiger partial charge in [-0.1, -0.05) is 6.07 Å². The van der Waals surface area contributed by atoms with Crippen molar-refractivity contribution < 1.29 is 32.2 Å². The summed E-state index contributed by atoms with van der Waals surface area (Å²) in [5, 5.41) is 20.3. The van der Waals surface area contributed by atoms with Crippen molar-refractivity contribution in [3.63, 3.8) is 0 Å². The molecule has 0 spiro atoms. The first kappa shape index (κ1) is 21.5. The Hall–Kier alpha value is -3.37. The number of nitrogens with zero attached hydrogens (tertiary/aromatic N) is 5. The van der Waals surface area contributed by atoms with Gasteiger partial charge in [0, 0.05) is 30.2 Å². The summed E-state index contributed by atoms with van der Waals surface area (Å²) in [6.07, 6.45) is -5.84. The number of carboxylic acid groups (broad SMARTS) is 1. The van der Waals surface area contributed by atoms with Crippen molar-refractivity contribution in [3.8, 4) is 16.6 Å². The number of piperidine rings is 1. The Labute approximate surface area is 188 Å². The summed E-state index contributed by atoms with van der Waals surface area (Å²) in [7, 11) is 0. The Balaban J connectivity index is 1.59. The predicted molar refractivity (Wildman–Crippen MR) is 110 cm³/mol. The highest BCUT2D eigenvalue weighted by molar-refractivity contribution is 7.13. The van der Waals surface area contributed by atoms with Crippen LogP contribution in [0.15, 0.2) is 28.1 Å². The van der Waals surface area contributed by atoms with Crippen LogP contribution in [-0.2, 0) is 4.74 Å². The molecule has 0 saturated carbocycles. The summed E-state index contributed by atoms with van der Waals surface area (Å²) in [5.74, 6) is 0. The van der Waals surface area contributed by atoms with E-state index in [4.69, 9.17) is 14.4 Å². The van der Waals surface area contributed by atoms with E-state index in [-0.39, 0.29) is 34.8 Å². The number of hydrogen-bond acceptors (Lipinski definition) is 8. The Morgan fingerprint density at radius 3 is 2.76 bits per heavy atom. The minimum atomic E-state index is -4.78. The Morgan fingerprint density at radius 1 is 1.39 bits per heavy atom. The van der Waals surface area contributed by atoms with Gasteiger partial charge in [-0.25, -0.2) is 9.78 Å². The van der Waals surface area contributed by atoms with Crippen LogP contribution in [0.25, 0.3) is 21.7 Å². The lowest BCUT2D eigenvalue weighted by Crippen LogP contribution is -2.70. The average molecular weight is 479 g/mol. The third kappa shape index (κ3) is 3.65. The van der Waals surface area contributed by atoms with E-state index in [1.807, 2.05) is 0 Å². The first-order chi connectivity index (χ1) is 15.8. The molecule has 1 N–H and O–H groups in total. The maximum atomic E-state index is 13.8. The Bertz CT molecular complexity index is 1230. The molecular weight excluding hydrogens is 463 g/mol. The van der Waals surface area contributed by atoms with E-state index in [0.29, 0.717) is 23.7 Å². The van der Waals surface area contributed by atoms with Crippen LogP contribution in [0, 0.1) is 11.3 Å². The van der Waals surface area contributed by atoms with E-state index in [1.54, 1.807) is 22.5 Å². The van der Waals surface area contributed by atoms with Gasteiger partial charge in [0.25, 0.3) is 6.01 Å². The number of halogens is 3. The molecule has 3 atom stereocenters. The minimum Gasteiger partial charge on any atom is -0.465 e. The number of amides is 1. The lowest BCUT2D eigenvalue weighted by atomic mass is 9.88. The molecule has 5 heterocycles. The molecule has 3 saturated heterocycles. The van der Waals surface area contributed by atoms with Crippen LogP contribution in [0.2, 0.25) is 0 Å². The number of oxazole rings is 1. The van der Waals surface area contributed by atoms with Gasteiger partial charge < -0.3 is 19.2 Å². The van der Waals surface area contributed by atoms with E-state index in [0.717, 1.165) is 6.42 Å². The number of fused-ring (bicyclic) bond motifs is 3. The normalized spacial score (nSPS) is 21.0. The molecule has 13 heteroatoms. The minimum absolute atomic E-state index is 0.0349. The van der Waals surface area contributed by atoms with E-state index in [9.17, 15) is 23.1 Å². The highest BCUT2D eigenvalue weighted by Crippen LogP contribution is 2.43. The van der Waals surface area contributed by atoms with E-state index in [1.165, 1.54) is 28.4 Å². The van der Waals surface area contributed by atoms with Crippen LogP contribution in [0.4, 0.5) is 24.0 Å². The second-order valence-corrected chi connectivity index (χ2v) is 8.64. The van der Waals surface area contributed by atoms with Crippen LogP contribution in [-0.4, -0.2) is 64.0 Å². The van der Waals surface area contributed by atoms with E-state index < -0.39 is 25.0 Å². The summed E-state index contributed by atoms with van der Waals surface area (Å²) in [6, 6.07) is 3.96. The molecular formula is C20H16F3N5O4S. The van der Waals surface area contributed by atoms with Crippen molar-refractivity contribution in [3.05, 3.63) is 29.3 Å². The summed E-state index contributed by atoms with van der Waals surface area (Å²) < 4.78 is 52.2. The molecule has 0 aliphatic carbocycles. The summed E-state index contributed by atoms with van der Waals surface area (Å²) in [5.41, 5.74) is 0.310. The standard InChI is InChI=1S/C20H16F3N5O4S/c21-20(22,23)16(31-5-3-24)12-1-2-13(17-25-4-6-33-17)15-14(12)26-18(32-15)27-8-10-7-11(9-27)28(10)19(29)30/h1-2,4,6,10-11,16H,5,7-9H2,(H,29,30). The molecule has 33 heavy (non-hydrogen) atoms. The molecule has 9 nitrogen and oxygen atoms in total. The van der Waals surface area contributed by atoms with Crippen LogP contribution in [0.5, 0.6) is 0 Å². The maximum absolute atomic E-state index is 13.8. The van der Waals surface area contributed by atoms with Crippen molar-refractivity contribution in [2.75, 3.05) is 24.6 Å². The molecule has 172 valence electrons. The van der Waals surface area contributed by atoms with Crippen molar-refractivity contribution >= 4 is 34.5 Å². The molecule has 3 aliphatic heterocycles. The van der Waals surface area contributed by atoms with Gasteiger partial charge in [0.1, 0.15) is 17.1 Å². The lowest BCUT2D eigenvalue weighted by Gasteiger charge is -2.54. The number of nitriles is 1. The molecule has 3 aliphatic rings. The first-order valence-corrected chi connectivity index (χ1v) is 10.8. The number of hydrogen-bond donors (Lipinski definition) is 1. The zero-order valence-corrected chi connectivity index (χ0v) is 17.6. The average Bonchev–Trinajstić information content (AvgIpc) is 3.43. The maximum Gasteiger partial charge on any atom is 0.418 e. The fraction of sp³-hybridized carbons (Fsp3) is 0.400. The Kier molecular flexibility index (Phi) is 5.13. The fourth-order valence-corrected chi connectivity index (χ4v) is 5.11. The monoisotopic (exact) mass is 479 g/mol. The molecule has 2 bridgehead atoms. The van der Waals surface area contributed by atoms with Gasteiger partial charge in [0.05, 0.1) is 23.7 Å². The summed E-state index contributed by atoms with van der Waals surface area (Å²) in [6.45, 7) is -0.0958. The van der Waals surface area contributed by atoms with Crippen molar-refractivity contribution in [2.45, 2.75) is 30.8 Å². The number of piperazine rings is 1. The number of benzene rings is 1. The van der Waals surface area contributed by atoms with Crippen LogP contribution in [0.1, 0.15) is 18.1 Å². The van der Waals surface area contributed by atoms with Crippen molar-refractivity contribution in [1.29, 1.82) is 5.26 Å². The summed E-state index contributed by atoms with van der Waals surface area (Å²) >= 11 is 1.30. The third-order valence-corrected chi connectivity index (χ3v) is 6.61. The van der Waals surface area contributed by atoms with E-state index >= 15 is 0 Å². The molecule has 2 aromatic heterocycles. The third-order valence-electron chi connectivity index (χ3n) is 5.81. The molecule has 3 aromatic rings. The number of ether oxygens (including phenoxy) is 1. The number of carbonyl (C=O) groups is 1. The molecule has 6 rings (SSSR count). The molecule has 1 aromatic carbocycles. The largest absolute Gasteiger partial charge is 0.465 e. The highest BCUT2D eigenvalue weighted by atomic mass is 32.1. The van der Waals surface area contributed by atoms with Gasteiger partial charge in [-0.3, -0.25) is 4.90 Å². The number of anilines is 1. The Morgan fingerprint density at radius 2 is 2.15 bits per heavy atom. The van der Waals surface area contributed by atoms with Gasteiger partial charge in [0.2, 0.25) is 0 Å². The second kappa shape index (κ2) is 7.89. The molecule has 0 radical (unpaired) electrons. The van der Waals surface area contributed by atoms with Crippen molar-refractivity contribution in [2.24, 2.45) is 0 Å². The quantitative estimate of drug-likeness (QED) is 0.583. The predicted octanol–water partition coefficient (Wildman–Crippen LogP) is 4.04. The number of aromatic nitrogens is 2. The van der Waals surface area contributed by atoms with Gasteiger partial charge in [-0.15, -0.1) is 11.3 Å². The summed E-state index contributed by atoms with van der Waals surface area (Å²) in [4.78, 5) is 23.1. The molecule has 1 amide bonds. The fourth-order valence-electron chi connectivity index (χ4n) is 4.45. The van der Waals surface area contributed by atoms with Crippen LogP contribution >= 0.6 is 11.3 Å². The zero-order valence-electron chi connectivity index (χ0n) is 16.8. The van der Waals surface area contributed by atoms with Gasteiger partial charge in [-0.2, -0.15) is 23.4 Å². The number of alkyl halides is 3. The van der Waals surface area contributed by atoms with Gasteiger partial charge in [-0.05, 0) is 12.5 Å². The molecule has 3 fully saturated rings. The van der Waals surface area contributed by atoms with Gasteiger partial charge in [0.15, 0.2) is 11.7 Å². The SMILES string of the molecule is N#CCOC(c1ccc(-c2nccs2)c2oc(N3CC4CC(C3)N4C(=O)O)nc12)C(F)(F)F. The second-order valence-electron chi connectivity index (χ2n) is 7.74. The van der Waals surface area contributed by atoms with Crippen LogP contribution < -0.4 is 4.90 Å². The first-order valence-electron chi connectivity index (χ1n) is 9.92. The molecule has 3 unspecified atom stereocenters. The van der Waals surface area contributed by atoms with Gasteiger partial charge >= 0.3 is 12.3 Å². The van der Waals surface area contributed by atoms with E-state index in [2.05, 4.69) is 9.97 Å².